The monoisotopic (exact) mass is 233 g/mol. The molecular formula is C13H15NO3. The van der Waals surface area contributed by atoms with E-state index in [-0.39, 0.29) is 0 Å². The van der Waals surface area contributed by atoms with E-state index < -0.39 is 5.97 Å². The minimum atomic E-state index is -0.416. The van der Waals surface area contributed by atoms with Gasteiger partial charge in [-0.2, -0.15) is 0 Å². The first kappa shape index (κ1) is 13.0. The predicted molar refractivity (Wildman–Crippen MR) is 65.0 cm³/mol. The fourth-order valence-corrected chi connectivity index (χ4v) is 1.13. The van der Waals surface area contributed by atoms with Crippen molar-refractivity contribution in [3.63, 3.8) is 0 Å². The van der Waals surface area contributed by atoms with E-state index in [2.05, 4.69) is 4.98 Å². The van der Waals surface area contributed by atoms with Crippen LogP contribution >= 0.6 is 0 Å². The molecular weight excluding hydrogens is 218 g/mol. The van der Waals surface area contributed by atoms with Gasteiger partial charge in [-0.15, -0.1) is 0 Å². The minimum Gasteiger partial charge on any atom is -0.496 e. The second kappa shape index (κ2) is 7.22. The Kier molecular flexibility index (Phi) is 5.51. The van der Waals surface area contributed by atoms with Crippen LogP contribution in [0.5, 0.6) is 0 Å². The van der Waals surface area contributed by atoms with Crippen molar-refractivity contribution in [2.45, 2.75) is 6.92 Å². The molecule has 0 unspecified atom stereocenters. The molecule has 0 spiro atoms. The van der Waals surface area contributed by atoms with E-state index in [1.807, 2.05) is 18.2 Å². The van der Waals surface area contributed by atoms with Crippen molar-refractivity contribution < 1.29 is 14.3 Å². The van der Waals surface area contributed by atoms with E-state index in [0.29, 0.717) is 12.4 Å². The standard InChI is InChI=1S/C13H15NO3/c1-3-17-13(15)9-12(16-2)7-6-11-5-4-8-14-10-11/h4-10H,3H2,1-2H3/b7-6+,12-9-. The van der Waals surface area contributed by atoms with Gasteiger partial charge in [0.1, 0.15) is 5.76 Å². The van der Waals surface area contributed by atoms with Crippen molar-refractivity contribution >= 4 is 12.0 Å². The highest BCUT2D eigenvalue weighted by Crippen LogP contribution is 2.04. The van der Waals surface area contributed by atoms with Gasteiger partial charge in [-0.3, -0.25) is 4.98 Å². The molecule has 0 radical (unpaired) electrons. The van der Waals surface area contributed by atoms with Crippen LogP contribution in [-0.2, 0) is 14.3 Å². The van der Waals surface area contributed by atoms with Crippen molar-refractivity contribution in [3.8, 4) is 0 Å². The van der Waals surface area contributed by atoms with Gasteiger partial charge in [0.15, 0.2) is 0 Å². The van der Waals surface area contributed by atoms with Gasteiger partial charge in [0.2, 0.25) is 0 Å². The van der Waals surface area contributed by atoms with Crippen molar-refractivity contribution in [1.29, 1.82) is 0 Å². The summed E-state index contributed by atoms with van der Waals surface area (Å²) in [6, 6.07) is 3.74. The summed E-state index contributed by atoms with van der Waals surface area (Å²) in [6.45, 7) is 2.10. The van der Waals surface area contributed by atoms with Crippen molar-refractivity contribution in [2.75, 3.05) is 13.7 Å². The second-order valence-electron chi connectivity index (χ2n) is 3.12. The van der Waals surface area contributed by atoms with Gasteiger partial charge in [0.05, 0.1) is 19.8 Å². The third-order valence-corrected chi connectivity index (χ3v) is 1.91. The van der Waals surface area contributed by atoms with Crippen LogP contribution in [0.4, 0.5) is 0 Å². The van der Waals surface area contributed by atoms with Gasteiger partial charge >= 0.3 is 5.97 Å². The molecule has 0 saturated carbocycles. The molecule has 1 rings (SSSR count). The Morgan fingerprint density at radius 2 is 2.35 bits per heavy atom. The number of allylic oxidation sites excluding steroid dienone is 1. The van der Waals surface area contributed by atoms with Crippen LogP contribution in [0.3, 0.4) is 0 Å². The summed E-state index contributed by atoms with van der Waals surface area (Å²) in [5.41, 5.74) is 0.930. The van der Waals surface area contributed by atoms with Crippen molar-refractivity contribution in [2.24, 2.45) is 0 Å². The first-order valence-corrected chi connectivity index (χ1v) is 5.26. The molecule has 0 N–H and O–H groups in total. The van der Waals surface area contributed by atoms with Gasteiger partial charge in [0.25, 0.3) is 0 Å². The number of hydrogen-bond acceptors (Lipinski definition) is 4. The number of ether oxygens (including phenoxy) is 2. The zero-order chi connectivity index (χ0) is 12.5. The summed E-state index contributed by atoms with van der Waals surface area (Å²) in [6.07, 6.45) is 8.21. The number of methoxy groups -OCH3 is 1. The fraction of sp³-hybridized carbons (Fsp3) is 0.231. The van der Waals surface area contributed by atoms with Crippen LogP contribution < -0.4 is 0 Å². The van der Waals surface area contributed by atoms with Gasteiger partial charge in [-0.05, 0) is 30.7 Å². The summed E-state index contributed by atoms with van der Waals surface area (Å²) in [5.74, 6) is 0.0208. The van der Waals surface area contributed by atoms with E-state index in [0.717, 1.165) is 5.56 Å². The summed E-state index contributed by atoms with van der Waals surface area (Å²) in [4.78, 5) is 15.2. The Labute approximate surface area is 101 Å². The average Bonchev–Trinajstić information content (AvgIpc) is 2.36. The zero-order valence-electron chi connectivity index (χ0n) is 9.92. The van der Waals surface area contributed by atoms with E-state index in [1.54, 1.807) is 25.4 Å². The predicted octanol–water partition coefficient (Wildman–Crippen LogP) is 2.19. The SMILES string of the molecule is CCOC(=O)/C=C(/C=C/c1cccnc1)OC. The quantitative estimate of drug-likeness (QED) is 0.338. The lowest BCUT2D eigenvalue weighted by atomic mass is 10.2. The molecule has 4 nitrogen and oxygen atoms in total. The Morgan fingerprint density at radius 1 is 1.53 bits per heavy atom. The van der Waals surface area contributed by atoms with E-state index >= 15 is 0 Å². The molecule has 0 aliphatic heterocycles. The maximum absolute atomic E-state index is 11.2. The number of hydrogen-bond donors (Lipinski definition) is 0. The minimum absolute atomic E-state index is 0.346. The van der Waals surface area contributed by atoms with E-state index in [1.165, 1.54) is 13.2 Å². The Bertz CT molecular complexity index is 410. The van der Waals surface area contributed by atoms with Crippen LogP contribution in [0.2, 0.25) is 0 Å². The number of pyridine rings is 1. The second-order valence-corrected chi connectivity index (χ2v) is 3.12. The molecule has 90 valence electrons. The number of carbonyl (C=O) groups is 1. The third kappa shape index (κ3) is 4.97. The largest absolute Gasteiger partial charge is 0.496 e. The first-order valence-electron chi connectivity index (χ1n) is 5.26. The molecule has 4 heteroatoms. The van der Waals surface area contributed by atoms with Crippen LogP contribution in [0.15, 0.2) is 42.4 Å². The number of aromatic nitrogens is 1. The summed E-state index contributed by atoms with van der Waals surface area (Å²) in [5, 5.41) is 0. The lowest BCUT2D eigenvalue weighted by Gasteiger charge is -2.00. The number of esters is 1. The molecule has 0 atom stereocenters. The first-order chi connectivity index (χ1) is 8.26. The van der Waals surface area contributed by atoms with Crippen molar-refractivity contribution in [3.05, 3.63) is 48.0 Å². The van der Waals surface area contributed by atoms with Gasteiger partial charge < -0.3 is 9.47 Å². The molecule has 0 aliphatic rings. The fourth-order valence-electron chi connectivity index (χ4n) is 1.13. The highest BCUT2D eigenvalue weighted by Gasteiger charge is 1.99. The number of rotatable bonds is 5. The van der Waals surface area contributed by atoms with E-state index in [4.69, 9.17) is 9.47 Å². The smallest absolute Gasteiger partial charge is 0.334 e. The molecule has 1 aromatic rings. The van der Waals surface area contributed by atoms with Crippen molar-refractivity contribution in [1.82, 2.24) is 4.98 Å². The molecule has 0 bridgehead atoms. The molecule has 0 amide bonds. The summed E-state index contributed by atoms with van der Waals surface area (Å²) < 4.78 is 9.83. The van der Waals surface area contributed by atoms with Gasteiger partial charge in [-0.25, -0.2) is 4.79 Å². The maximum Gasteiger partial charge on any atom is 0.334 e. The Hall–Kier alpha value is -2.10. The normalized spacial score (nSPS) is 11.5. The topological polar surface area (TPSA) is 48.4 Å². The van der Waals surface area contributed by atoms with Crippen LogP contribution in [0.1, 0.15) is 12.5 Å². The lowest BCUT2D eigenvalue weighted by Crippen LogP contribution is -2.01. The Morgan fingerprint density at radius 3 is 2.94 bits per heavy atom. The van der Waals surface area contributed by atoms with Crippen LogP contribution in [0, 0.1) is 0 Å². The molecule has 0 aliphatic carbocycles. The highest BCUT2D eigenvalue weighted by molar-refractivity contribution is 5.83. The van der Waals surface area contributed by atoms with Gasteiger partial charge in [0, 0.05) is 12.4 Å². The molecule has 1 heterocycles. The number of carbonyl (C=O) groups excluding carboxylic acids is 1. The summed E-state index contributed by atoms with van der Waals surface area (Å²) >= 11 is 0. The maximum atomic E-state index is 11.2. The van der Waals surface area contributed by atoms with Crippen LogP contribution in [-0.4, -0.2) is 24.7 Å². The molecule has 0 fully saturated rings. The number of nitrogens with zero attached hydrogens (tertiary/aromatic N) is 1. The molecule has 1 aromatic heterocycles. The molecule has 0 saturated heterocycles. The van der Waals surface area contributed by atoms with Gasteiger partial charge in [-0.1, -0.05) is 6.07 Å². The summed E-state index contributed by atoms with van der Waals surface area (Å²) in [7, 11) is 1.50. The third-order valence-electron chi connectivity index (χ3n) is 1.91. The zero-order valence-corrected chi connectivity index (χ0v) is 9.92. The highest BCUT2D eigenvalue weighted by atomic mass is 16.5. The molecule has 0 aromatic carbocycles. The Balaban J connectivity index is 2.70. The lowest BCUT2D eigenvalue weighted by molar-refractivity contribution is -0.137. The van der Waals surface area contributed by atoms with Crippen LogP contribution in [0.25, 0.3) is 6.08 Å². The molecule has 17 heavy (non-hydrogen) atoms. The average molecular weight is 233 g/mol. The van der Waals surface area contributed by atoms with E-state index in [9.17, 15) is 4.79 Å².